The molecule has 1 aromatic rings. The van der Waals surface area contributed by atoms with Gasteiger partial charge in [-0.05, 0) is 0 Å². The molecule has 64 valence electrons. The molecule has 1 aromatic carbocycles. The number of para-hydroxylation sites is 1. The molecule has 0 aliphatic carbocycles. The first-order valence-electron chi connectivity index (χ1n) is 3.88. The van der Waals surface area contributed by atoms with Crippen LogP contribution >= 0.6 is 11.6 Å². The van der Waals surface area contributed by atoms with Gasteiger partial charge in [0, 0.05) is 17.5 Å². The molecule has 2 rings (SSSR count). The average molecular weight is 185 g/mol. The van der Waals surface area contributed by atoms with E-state index in [1.165, 1.54) is 5.56 Å². The van der Waals surface area contributed by atoms with Crippen LogP contribution in [0.1, 0.15) is 11.1 Å². The molecule has 1 aliphatic rings. The van der Waals surface area contributed by atoms with Crippen molar-refractivity contribution in [3.05, 3.63) is 29.3 Å². The molecular formula is C9H9ClO2. The van der Waals surface area contributed by atoms with Crippen molar-refractivity contribution in [1.29, 1.82) is 0 Å². The first-order chi connectivity index (χ1) is 5.92. The third-order valence-corrected chi connectivity index (χ3v) is 2.21. The third-order valence-electron chi connectivity index (χ3n) is 1.92. The van der Waals surface area contributed by atoms with Crippen LogP contribution in [0.15, 0.2) is 18.2 Å². The normalized spacial score (nSPS) is 15.1. The third kappa shape index (κ3) is 1.28. The molecule has 0 saturated carbocycles. The van der Waals surface area contributed by atoms with Gasteiger partial charge in [-0.25, -0.2) is 0 Å². The van der Waals surface area contributed by atoms with Crippen molar-refractivity contribution < 1.29 is 9.78 Å². The predicted molar refractivity (Wildman–Crippen MR) is 46.3 cm³/mol. The fourth-order valence-corrected chi connectivity index (χ4v) is 1.51. The standard InChI is InChI=1S/C9H9ClO2/c10-6-8-3-1-2-7-4-5-11-12-9(7)8/h1-3H,4-6H2. The molecule has 2 nitrogen and oxygen atoms in total. The molecule has 1 heterocycles. The van der Waals surface area contributed by atoms with E-state index in [1.54, 1.807) is 0 Å². The fourth-order valence-electron chi connectivity index (χ4n) is 1.30. The van der Waals surface area contributed by atoms with Crippen LogP contribution in [0.3, 0.4) is 0 Å². The van der Waals surface area contributed by atoms with Crippen LogP contribution in [-0.4, -0.2) is 6.61 Å². The number of alkyl halides is 1. The maximum absolute atomic E-state index is 5.73. The Bertz CT molecular complexity index is 272. The van der Waals surface area contributed by atoms with Crippen molar-refractivity contribution in [3.8, 4) is 5.75 Å². The molecule has 0 N–H and O–H groups in total. The molecule has 1 aliphatic heterocycles. The maximum atomic E-state index is 5.73. The van der Waals surface area contributed by atoms with Crippen molar-refractivity contribution in [2.75, 3.05) is 6.61 Å². The largest absolute Gasteiger partial charge is 0.337 e. The summed E-state index contributed by atoms with van der Waals surface area (Å²) in [5.74, 6) is 1.27. The van der Waals surface area contributed by atoms with Crippen LogP contribution in [0.5, 0.6) is 5.75 Å². The minimum Gasteiger partial charge on any atom is -0.337 e. The highest BCUT2D eigenvalue weighted by Crippen LogP contribution is 2.28. The predicted octanol–water partition coefficient (Wildman–Crippen LogP) is 2.29. The van der Waals surface area contributed by atoms with Gasteiger partial charge in [0.25, 0.3) is 0 Å². The molecule has 0 saturated heterocycles. The lowest BCUT2D eigenvalue weighted by Gasteiger charge is -2.17. The van der Waals surface area contributed by atoms with E-state index < -0.39 is 0 Å². The second kappa shape index (κ2) is 3.33. The Morgan fingerprint density at radius 1 is 1.42 bits per heavy atom. The smallest absolute Gasteiger partial charge is 0.173 e. The van der Waals surface area contributed by atoms with Gasteiger partial charge in [0.1, 0.15) is 0 Å². The van der Waals surface area contributed by atoms with Gasteiger partial charge < -0.3 is 4.89 Å². The van der Waals surface area contributed by atoms with Gasteiger partial charge in [0.2, 0.25) is 0 Å². The van der Waals surface area contributed by atoms with Crippen molar-refractivity contribution in [3.63, 3.8) is 0 Å². The first-order valence-corrected chi connectivity index (χ1v) is 4.41. The Morgan fingerprint density at radius 2 is 2.33 bits per heavy atom. The topological polar surface area (TPSA) is 18.5 Å². The zero-order valence-corrected chi connectivity index (χ0v) is 7.30. The lowest BCUT2D eigenvalue weighted by Crippen LogP contribution is -2.12. The summed E-state index contributed by atoms with van der Waals surface area (Å²) in [4.78, 5) is 9.94. The van der Waals surface area contributed by atoms with Crippen LogP contribution in [0.25, 0.3) is 0 Å². The van der Waals surface area contributed by atoms with Gasteiger partial charge in [0.15, 0.2) is 5.75 Å². The van der Waals surface area contributed by atoms with Crippen molar-refractivity contribution in [2.45, 2.75) is 12.3 Å². The van der Waals surface area contributed by atoms with E-state index in [-0.39, 0.29) is 0 Å². The number of benzene rings is 1. The summed E-state index contributed by atoms with van der Waals surface area (Å²) in [6, 6.07) is 5.97. The molecule has 0 bridgehead atoms. The van der Waals surface area contributed by atoms with Gasteiger partial charge in [0.05, 0.1) is 12.5 Å². The van der Waals surface area contributed by atoms with E-state index in [2.05, 4.69) is 0 Å². The minimum atomic E-state index is 0.465. The zero-order valence-electron chi connectivity index (χ0n) is 6.55. The molecular weight excluding hydrogens is 176 g/mol. The monoisotopic (exact) mass is 184 g/mol. The van der Waals surface area contributed by atoms with E-state index in [0.29, 0.717) is 12.5 Å². The Hall–Kier alpha value is -0.730. The highest BCUT2D eigenvalue weighted by molar-refractivity contribution is 6.17. The van der Waals surface area contributed by atoms with Crippen LogP contribution in [0.2, 0.25) is 0 Å². The van der Waals surface area contributed by atoms with Gasteiger partial charge >= 0.3 is 0 Å². The summed E-state index contributed by atoms with van der Waals surface area (Å²) in [5, 5.41) is 0. The lowest BCUT2D eigenvalue weighted by molar-refractivity contribution is -0.215. The molecule has 3 heteroatoms. The second-order valence-corrected chi connectivity index (χ2v) is 2.96. The van der Waals surface area contributed by atoms with Crippen LogP contribution in [-0.2, 0) is 17.2 Å². The lowest BCUT2D eigenvalue weighted by atomic mass is 10.1. The summed E-state index contributed by atoms with van der Waals surface area (Å²) in [6.45, 7) is 0.624. The SMILES string of the molecule is ClCc1cccc2c1OOCC2. The molecule has 0 atom stereocenters. The van der Waals surface area contributed by atoms with Gasteiger partial charge in [-0.15, -0.1) is 11.6 Å². The molecule has 0 radical (unpaired) electrons. The fraction of sp³-hybridized carbons (Fsp3) is 0.333. The minimum absolute atomic E-state index is 0.465. The number of rotatable bonds is 1. The summed E-state index contributed by atoms with van der Waals surface area (Å²) < 4.78 is 0. The van der Waals surface area contributed by atoms with E-state index >= 15 is 0 Å². The summed E-state index contributed by atoms with van der Waals surface area (Å²) in [6.07, 6.45) is 0.903. The Balaban J connectivity index is 2.44. The number of hydrogen-bond acceptors (Lipinski definition) is 2. The van der Waals surface area contributed by atoms with E-state index in [9.17, 15) is 0 Å². The molecule has 0 amide bonds. The van der Waals surface area contributed by atoms with Crippen molar-refractivity contribution in [2.24, 2.45) is 0 Å². The average Bonchev–Trinajstić information content (AvgIpc) is 2.17. The number of fused-ring (bicyclic) bond motifs is 1. The highest BCUT2D eigenvalue weighted by Gasteiger charge is 2.14. The summed E-state index contributed by atoms with van der Waals surface area (Å²) in [7, 11) is 0. The Labute approximate surface area is 76.0 Å². The van der Waals surface area contributed by atoms with E-state index in [1.807, 2.05) is 18.2 Å². The van der Waals surface area contributed by atoms with Crippen LogP contribution in [0.4, 0.5) is 0 Å². The van der Waals surface area contributed by atoms with E-state index in [0.717, 1.165) is 17.7 Å². The van der Waals surface area contributed by atoms with Gasteiger partial charge in [-0.3, -0.25) is 0 Å². The van der Waals surface area contributed by atoms with Crippen LogP contribution < -0.4 is 4.89 Å². The van der Waals surface area contributed by atoms with Crippen molar-refractivity contribution >= 4 is 11.6 Å². The van der Waals surface area contributed by atoms with Gasteiger partial charge in [-0.1, -0.05) is 18.2 Å². The molecule has 12 heavy (non-hydrogen) atoms. The number of halogens is 1. The maximum Gasteiger partial charge on any atom is 0.173 e. The van der Waals surface area contributed by atoms with E-state index in [4.69, 9.17) is 21.4 Å². The van der Waals surface area contributed by atoms with Crippen LogP contribution in [0, 0.1) is 0 Å². The number of hydrogen-bond donors (Lipinski definition) is 0. The second-order valence-electron chi connectivity index (χ2n) is 2.69. The molecule has 0 spiro atoms. The van der Waals surface area contributed by atoms with Crippen molar-refractivity contribution in [1.82, 2.24) is 0 Å². The summed E-state index contributed by atoms with van der Waals surface area (Å²) in [5.41, 5.74) is 2.17. The quantitative estimate of drug-likeness (QED) is 0.493. The Morgan fingerprint density at radius 3 is 3.17 bits per heavy atom. The molecule has 0 aromatic heterocycles. The summed E-state index contributed by atoms with van der Waals surface area (Å²) >= 11 is 5.73. The highest BCUT2D eigenvalue weighted by atomic mass is 35.5. The Kier molecular flexibility index (Phi) is 2.19. The molecule has 0 fully saturated rings. The zero-order chi connectivity index (χ0) is 8.39. The molecule has 0 unspecified atom stereocenters. The first kappa shape index (κ1) is 7.90. The van der Waals surface area contributed by atoms with Gasteiger partial charge in [-0.2, -0.15) is 4.89 Å².